The van der Waals surface area contributed by atoms with Crippen molar-refractivity contribution >= 4 is 0 Å². The highest BCUT2D eigenvalue weighted by Crippen LogP contribution is 2.31. The Labute approximate surface area is 107 Å². The van der Waals surface area contributed by atoms with Gasteiger partial charge in [-0.2, -0.15) is 0 Å². The van der Waals surface area contributed by atoms with Crippen molar-refractivity contribution < 1.29 is 5.11 Å². The molecule has 1 aliphatic carbocycles. The van der Waals surface area contributed by atoms with Gasteiger partial charge in [-0.25, -0.2) is 0 Å². The average Bonchev–Trinajstić information content (AvgIpc) is 2.75. The van der Waals surface area contributed by atoms with Gasteiger partial charge in [0, 0.05) is 12.6 Å². The van der Waals surface area contributed by atoms with Gasteiger partial charge in [0.25, 0.3) is 0 Å². The minimum atomic E-state index is -0.384. The summed E-state index contributed by atoms with van der Waals surface area (Å²) in [6, 6.07) is 18.6. The van der Waals surface area contributed by atoms with E-state index < -0.39 is 0 Å². The molecule has 2 nitrogen and oxygen atoms in total. The fourth-order valence-electron chi connectivity index (χ4n) is 2.60. The van der Waals surface area contributed by atoms with E-state index in [2.05, 4.69) is 23.5 Å². The molecule has 3 rings (SSSR count). The summed E-state index contributed by atoms with van der Waals surface area (Å²) in [4.78, 5) is 0. The summed E-state index contributed by atoms with van der Waals surface area (Å²) in [7, 11) is 0. The van der Waals surface area contributed by atoms with E-state index in [4.69, 9.17) is 0 Å². The summed E-state index contributed by atoms with van der Waals surface area (Å²) in [6.07, 6.45) is 0.523. The molecule has 2 aromatic carbocycles. The molecule has 0 fully saturated rings. The maximum absolute atomic E-state index is 10.3. The first-order valence-corrected chi connectivity index (χ1v) is 6.38. The monoisotopic (exact) mass is 239 g/mol. The Balaban J connectivity index is 1.66. The third-order valence-electron chi connectivity index (χ3n) is 3.61. The maximum atomic E-state index is 10.3. The highest BCUT2D eigenvalue weighted by atomic mass is 16.3. The zero-order valence-corrected chi connectivity index (χ0v) is 10.2. The van der Waals surface area contributed by atoms with Gasteiger partial charge in [0.2, 0.25) is 0 Å². The molecule has 0 saturated carbocycles. The number of hydrogen-bond acceptors (Lipinski definition) is 2. The van der Waals surface area contributed by atoms with Gasteiger partial charge in [0.05, 0.1) is 6.10 Å². The van der Waals surface area contributed by atoms with Crippen molar-refractivity contribution in [1.29, 1.82) is 0 Å². The Morgan fingerprint density at radius 2 is 1.72 bits per heavy atom. The van der Waals surface area contributed by atoms with E-state index in [0.717, 1.165) is 18.5 Å². The molecule has 18 heavy (non-hydrogen) atoms. The van der Waals surface area contributed by atoms with Crippen molar-refractivity contribution in [1.82, 2.24) is 5.32 Å². The fraction of sp³-hybridized carbons (Fsp3) is 0.250. The normalized spacial score (nSPS) is 21.8. The molecule has 0 bridgehead atoms. The van der Waals surface area contributed by atoms with Crippen LogP contribution >= 0.6 is 0 Å². The molecule has 0 aromatic heterocycles. The highest BCUT2D eigenvalue weighted by Gasteiger charge is 2.29. The maximum Gasteiger partial charge on any atom is 0.0948 e. The van der Waals surface area contributed by atoms with E-state index in [0.29, 0.717) is 0 Å². The topological polar surface area (TPSA) is 32.3 Å². The molecule has 0 aliphatic heterocycles. The van der Waals surface area contributed by atoms with E-state index in [-0.39, 0.29) is 12.1 Å². The van der Waals surface area contributed by atoms with E-state index in [1.54, 1.807) is 0 Å². The third-order valence-corrected chi connectivity index (χ3v) is 3.61. The van der Waals surface area contributed by atoms with E-state index >= 15 is 0 Å². The predicted octanol–water partition coefficient (Wildman–Crippen LogP) is 2.43. The molecular weight excluding hydrogens is 222 g/mol. The average molecular weight is 239 g/mol. The summed E-state index contributed by atoms with van der Waals surface area (Å²) in [5.41, 5.74) is 3.58. The molecular formula is C16H17NO. The van der Waals surface area contributed by atoms with Crippen molar-refractivity contribution in [2.75, 3.05) is 0 Å². The summed E-state index contributed by atoms with van der Waals surface area (Å²) in [6.45, 7) is 0.802. The van der Waals surface area contributed by atoms with Crippen LogP contribution in [-0.2, 0) is 13.0 Å². The lowest BCUT2D eigenvalue weighted by atomic mass is 10.1. The number of hydrogen-bond donors (Lipinski definition) is 2. The number of rotatable bonds is 3. The summed E-state index contributed by atoms with van der Waals surface area (Å²) in [5.74, 6) is 0. The van der Waals surface area contributed by atoms with Crippen LogP contribution < -0.4 is 5.32 Å². The van der Waals surface area contributed by atoms with Crippen LogP contribution in [-0.4, -0.2) is 11.1 Å². The molecule has 2 N–H and O–H groups in total. The Bertz CT molecular complexity index is 524. The van der Waals surface area contributed by atoms with E-state index in [9.17, 15) is 5.11 Å². The molecule has 2 atom stereocenters. The number of benzene rings is 2. The minimum Gasteiger partial charge on any atom is -0.387 e. The number of nitrogens with one attached hydrogen (secondary N) is 1. The molecule has 0 spiro atoms. The second kappa shape index (κ2) is 4.92. The second-order valence-electron chi connectivity index (χ2n) is 4.82. The lowest BCUT2D eigenvalue weighted by molar-refractivity contribution is 0.141. The lowest BCUT2D eigenvalue weighted by Crippen LogP contribution is -2.32. The standard InChI is InChI=1S/C16H17NO/c18-16-14-9-5-4-8-13(14)10-15(16)17-11-12-6-2-1-3-7-12/h1-9,15-18H,10-11H2/t15-,16+/m1/s1. The summed E-state index contributed by atoms with van der Waals surface area (Å²) < 4.78 is 0. The van der Waals surface area contributed by atoms with Crippen LogP contribution in [0.4, 0.5) is 0 Å². The van der Waals surface area contributed by atoms with Gasteiger partial charge < -0.3 is 10.4 Å². The van der Waals surface area contributed by atoms with Gasteiger partial charge in [0.15, 0.2) is 0 Å². The van der Waals surface area contributed by atoms with Crippen molar-refractivity contribution in [3.8, 4) is 0 Å². The first kappa shape index (κ1) is 11.5. The highest BCUT2D eigenvalue weighted by molar-refractivity contribution is 5.35. The number of aliphatic hydroxyl groups is 1. The van der Waals surface area contributed by atoms with Gasteiger partial charge in [0.1, 0.15) is 0 Å². The number of aliphatic hydroxyl groups excluding tert-OH is 1. The molecule has 0 amide bonds. The third kappa shape index (κ3) is 2.17. The quantitative estimate of drug-likeness (QED) is 0.862. The van der Waals surface area contributed by atoms with Crippen molar-refractivity contribution in [2.24, 2.45) is 0 Å². The predicted molar refractivity (Wildman–Crippen MR) is 72.2 cm³/mol. The van der Waals surface area contributed by atoms with Gasteiger partial charge in [-0.05, 0) is 23.1 Å². The molecule has 1 aliphatic rings. The molecule has 0 saturated heterocycles. The van der Waals surface area contributed by atoms with Crippen LogP contribution in [0.15, 0.2) is 54.6 Å². The van der Waals surface area contributed by atoms with E-state index in [1.165, 1.54) is 11.1 Å². The van der Waals surface area contributed by atoms with Crippen LogP contribution in [0.1, 0.15) is 22.8 Å². The van der Waals surface area contributed by atoms with Crippen molar-refractivity contribution in [3.05, 3.63) is 71.3 Å². The number of fused-ring (bicyclic) bond motifs is 1. The largest absolute Gasteiger partial charge is 0.387 e. The van der Waals surface area contributed by atoms with Crippen molar-refractivity contribution in [3.63, 3.8) is 0 Å². The van der Waals surface area contributed by atoms with Gasteiger partial charge in [-0.15, -0.1) is 0 Å². The molecule has 0 radical (unpaired) electrons. The molecule has 2 aromatic rings. The molecule has 0 unspecified atom stereocenters. The first-order chi connectivity index (χ1) is 8.84. The Morgan fingerprint density at radius 1 is 1.00 bits per heavy atom. The lowest BCUT2D eigenvalue weighted by Gasteiger charge is -2.17. The Hall–Kier alpha value is -1.64. The second-order valence-corrected chi connectivity index (χ2v) is 4.82. The Morgan fingerprint density at radius 3 is 2.50 bits per heavy atom. The molecule has 2 heteroatoms. The van der Waals surface area contributed by atoms with Crippen molar-refractivity contribution in [2.45, 2.75) is 25.1 Å². The summed E-state index contributed by atoms with van der Waals surface area (Å²) >= 11 is 0. The van der Waals surface area contributed by atoms with Gasteiger partial charge >= 0.3 is 0 Å². The van der Waals surface area contributed by atoms with Crippen LogP contribution in [0.3, 0.4) is 0 Å². The zero-order chi connectivity index (χ0) is 12.4. The summed E-state index contributed by atoms with van der Waals surface area (Å²) in [5, 5.41) is 13.7. The van der Waals surface area contributed by atoms with Crippen LogP contribution in [0.2, 0.25) is 0 Å². The zero-order valence-electron chi connectivity index (χ0n) is 10.2. The van der Waals surface area contributed by atoms with Gasteiger partial charge in [-0.3, -0.25) is 0 Å². The van der Waals surface area contributed by atoms with Gasteiger partial charge in [-0.1, -0.05) is 54.6 Å². The Kier molecular flexibility index (Phi) is 3.13. The van der Waals surface area contributed by atoms with Crippen LogP contribution in [0.25, 0.3) is 0 Å². The van der Waals surface area contributed by atoms with Crippen LogP contribution in [0.5, 0.6) is 0 Å². The fourth-order valence-corrected chi connectivity index (χ4v) is 2.60. The minimum absolute atomic E-state index is 0.127. The molecule has 0 heterocycles. The molecule has 92 valence electrons. The smallest absolute Gasteiger partial charge is 0.0948 e. The first-order valence-electron chi connectivity index (χ1n) is 6.38. The van der Waals surface area contributed by atoms with Crippen LogP contribution in [0, 0.1) is 0 Å². The van der Waals surface area contributed by atoms with E-state index in [1.807, 2.05) is 36.4 Å². The SMILES string of the molecule is O[C@H]1c2ccccc2C[C@H]1NCc1ccccc1.